The van der Waals surface area contributed by atoms with Gasteiger partial charge in [0.05, 0.1) is 16.5 Å². The van der Waals surface area contributed by atoms with E-state index in [1.807, 2.05) is 18.2 Å². The Hall–Kier alpha value is -1.60. The summed E-state index contributed by atoms with van der Waals surface area (Å²) >= 11 is 6.02. The molecule has 0 heterocycles. The van der Waals surface area contributed by atoms with Crippen LogP contribution in [0.4, 0.5) is 0 Å². The summed E-state index contributed by atoms with van der Waals surface area (Å²) in [5.41, 5.74) is 0.951. The lowest BCUT2D eigenvalue weighted by atomic mass is 10.2. The fourth-order valence-electron chi connectivity index (χ4n) is 1.73. The summed E-state index contributed by atoms with van der Waals surface area (Å²) in [4.78, 5) is -0.0621. The van der Waals surface area contributed by atoms with E-state index in [2.05, 4.69) is 0 Å². The largest absolute Gasteiger partial charge is 0.456 e. The number of hydrogen-bond donors (Lipinski definition) is 1. The van der Waals surface area contributed by atoms with Gasteiger partial charge in [-0.1, -0.05) is 23.7 Å². The highest BCUT2D eigenvalue weighted by atomic mass is 35.5. The first kappa shape index (κ1) is 15.8. The van der Waals surface area contributed by atoms with Gasteiger partial charge in [0.1, 0.15) is 11.5 Å². The molecule has 0 aliphatic carbocycles. The molecule has 5 nitrogen and oxygen atoms in total. The smallest absolute Gasteiger partial charge is 0.238 e. The molecule has 112 valence electrons. The van der Waals surface area contributed by atoms with E-state index in [1.165, 1.54) is 18.2 Å². The summed E-state index contributed by atoms with van der Waals surface area (Å²) in [6.45, 7) is 0.468. The van der Waals surface area contributed by atoms with Gasteiger partial charge in [0.25, 0.3) is 0 Å². The van der Waals surface area contributed by atoms with Gasteiger partial charge in [-0.15, -0.1) is 0 Å². The quantitative estimate of drug-likeness (QED) is 0.915. The van der Waals surface area contributed by atoms with Crippen molar-refractivity contribution in [1.82, 2.24) is 0 Å². The predicted molar refractivity (Wildman–Crippen MR) is 80.1 cm³/mol. The van der Waals surface area contributed by atoms with Crippen molar-refractivity contribution in [3.63, 3.8) is 0 Å². The lowest BCUT2D eigenvalue weighted by Gasteiger charge is -2.10. The first-order chi connectivity index (χ1) is 9.90. The van der Waals surface area contributed by atoms with E-state index >= 15 is 0 Å². The van der Waals surface area contributed by atoms with Crippen LogP contribution in [0, 0.1) is 0 Å². The lowest BCUT2D eigenvalue weighted by Crippen LogP contribution is -2.11. The molecular weight excluding hydrogens is 314 g/mol. The van der Waals surface area contributed by atoms with Crippen LogP contribution in [0.25, 0.3) is 0 Å². The first-order valence-electron chi connectivity index (χ1n) is 5.98. The fraction of sp³-hybridized carbons (Fsp3) is 0.143. The van der Waals surface area contributed by atoms with Crippen LogP contribution < -0.4 is 9.88 Å². The molecule has 2 aromatic carbocycles. The molecule has 0 atom stereocenters. The molecule has 0 saturated heterocycles. The lowest BCUT2D eigenvalue weighted by molar-refractivity contribution is 0.184. The summed E-state index contributed by atoms with van der Waals surface area (Å²) in [5, 5.41) is 5.21. The molecule has 0 aliphatic heterocycles. The zero-order valence-corrected chi connectivity index (χ0v) is 12.8. The zero-order chi connectivity index (χ0) is 15.5. The first-order valence-corrected chi connectivity index (χ1v) is 7.90. The fourth-order valence-corrected chi connectivity index (χ4v) is 2.56. The maximum Gasteiger partial charge on any atom is 0.238 e. The molecule has 0 radical (unpaired) electrons. The van der Waals surface area contributed by atoms with Gasteiger partial charge in [0.15, 0.2) is 0 Å². The van der Waals surface area contributed by atoms with Gasteiger partial charge in [0.2, 0.25) is 10.0 Å². The molecule has 0 saturated carbocycles. The van der Waals surface area contributed by atoms with Crippen molar-refractivity contribution in [1.29, 1.82) is 0 Å². The number of nitrogens with two attached hydrogens (primary N) is 1. The average molecular weight is 328 g/mol. The number of benzene rings is 2. The van der Waals surface area contributed by atoms with Crippen LogP contribution in [-0.2, 0) is 21.4 Å². The number of ether oxygens (including phenoxy) is 2. The summed E-state index contributed by atoms with van der Waals surface area (Å²) in [6, 6.07) is 11.4. The third-order valence-corrected chi connectivity index (χ3v) is 3.88. The number of halogens is 1. The minimum Gasteiger partial charge on any atom is -0.456 e. The average Bonchev–Trinajstić information content (AvgIpc) is 2.41. The Morgan fingerprint density at radius 2 is 1.95 bits per heavy atom. The molecule has 0 bridgehead atoms. The van der Waals surface area contributed by atoms with Crippen molar-refractivity contribution in [2.75, 3.05) is 7.11 Å². The number of sulfonamides is 1. The topological polar surface area (TPSA) is 78.6 Å². The van der Waals surface area contributed by atoms with Gasteiger partial charge in [-0.25, -0.2) is 13.6 Å². The Morgan fingerprint density at radius 1 is 1.19 bits per heavy atom. The number of hydrogen-bond acceptors (Lipinski definition) is 4. The van der Waals surface area contributed by atoms with Crippen LogP contribution in [0.5, 0.6) is 11.5 Å². The van der Waals surface area contributed by atoms with Gasteiger partial charge in [-0.3, -0.25) is 0 Å². The molecule has 0 spiro atoms. The van der Waals surface area contributed by atoms with Crippen molar-refractivity contribution in [3.8, 4) is 11.5 Å². The predicted octanol–water partition coefficient (Wildman–Crippen LogP) is 2.93. The Morgan fingerprint density at radius 3 is 2.57 bits per heavy atom. The van der Waals surface area contributed by atoms with Crippen LogP contribution >= 0.6 is 11.6 Å². The van der Waals surface area contributed by atoms with Gasteiger partial charge in [0, 0.05) is 7.11 Å². The maximum atomic E-state index is 11.2. The summed E-state index contributed by atoms with van der Waals surface area (Å²) < 4.78 is 33.2. The van der Waals surface area contributed by atoms with Crippen LogP contribution in [-0.4, -0.2) is 15.5 Å². The molecule has 7 heteroatoms. The number of rotatable bonds is 5. The highest BCUT2D eigenvalue weighted by molar-refractivity contribution is 7.89. The maximum absolute atomic E-state index is 11.2. The van der Waals surface area contributed by atoms with Gasteiger partial charge in [-0.05, 0) is 35.9 Å². The van der Waals surface area contributed by atoms with Crippen molar-refractivity contribution < 1.29 is 17.9 Å². The van der Waals surface area contributed by atoms with E-state index in [0.29, 0.717) is 18.1 Å². The summed E-state index contributed by atoms with van der Waals surface area (Å²) in [7, 11) is -2.18. The van der Waals surface area contributed by atoms with Crippen molar-refractivity contribution in [3.05, 3.63) is 53.1 Å². The minimum absolute atomic E-state index is 0.0621. The standard InChI is InChI=1S/C14H14ClNO4S/c1-19-9-10-3-2-4-11(7-10)20-14-6-5-12(8-13(14)15)21(16,17)18/h2-8H,9H2,1H3,(H2,16,17,18). The highest BCUT2D eigenvalue weighted by Crippen LogP contribution is 2.31. The van der Waals surface area contributed by atoms with Gasteiger partial charge < -0.3 is 9.47 Å². The van der Waals surface area contributed by atoms with Crippen LogP contribution in [0.3, 0.4) is 0 Å². The molecule has 0 unspecified atom stereocenters. The molecule has 0 fully saturated rings. The molecule has 0 aliphatic rings. The van der Waals surface area contributed by atoms with Crippen LogP contribution in [0.1, 0.15) is 5.56 Å². The van der Waals surface area contributed by atoms with Gasteiger partial charge in [-0.2, -0.15) is 0 Å². The van der Waals surface area contributed by atoms with E-state index in [1.54, 1.807) is 13.2 Å². The normalized spacial score (nSPS) is 11.4. The summed E-state index contributed by atoms with van der Waals surface area (Å²) in [6.07, 6.45) is 0. The van der Waals surface area contributed by atoms with E-state index in [9.17, 15) is 8.42 Å². The monoisotopic (exact) mass is 327 g/mol. The van der Waals surface area contributed by atoms with E-state index in [0.717, 1.165) is 5.56 Å². The third kappa shape index (κ3) is 4.18. The highest BCUT2D eigenvalue weighted by Gasteiger charge is 2.11. The second-order valence-corrected chi connectivity index (χ2v) is 6.29. The van der Waals surface area contributed by atoms with E-state index < -0.39 is 10.0 Å². The SMILES string of the molecule is COCc1cccc(Oc2ccc(S(N)(=O)=O)cc2Cl)c1. The molecular formula is C14H14ClNO4S. The van der Waals surface area contributed by atoms with Crippen LogP contribution in [0.2, 0.25) is 5.02 Å². The Balaban J connectivity index is 2.26. The molecule has 21 heavy (non-hydrogen) atoms. The second kappa shape index (κ2) is 6.44. The van der Waals surface area contributed by atoms with E-state index in [4.69, 9.17) is 26.2 Å². The number of methoxy groups -OCH3 is 1. The molecule has 0 amide bonds. The minimum atomic E-state index is -3.79. The van der Waals surface area contributed by atoms with Crippen LogP contribution in [0.15, 0.2) is 47.4 Å². The Labute approximate surface area is 128 Å². The third-order valence-electron chi connectivity index (χ3n) is 2.67. The van der Waals surface area contributed by atoms with Crippen molar-refractivity contribution in [2.45, 2.75) is 11.5 Å². The molecule has 2 rings (SSSR count). The Bertz CT molecular complexity index is 746. The number of primary sulfonamides is 1. The molecule has 0 aromatic heterocycles. The molecule has 2 N–H and O–H groups in total. The zero-order valence-electron chi connectivity index (χ0n) is 11.2. The Kier molecular flexibility index (Phi) is 4.84. The second-order valence-electron chi connectivity index (χ2n) is 4.32. The van der Waals surface area contributed by atoms with Crippen molar-refractivity contribution >= 4 is 21.6 Å². The van der Waals surface area contributed by atoms with Gasteiger partial charge >= 0.3 is 0 Å². The van der Waals surface area contributed by atoms with Crippen molar-refractivity contribution in [2.24, 2.45) is 5.14 Å². The van der Waals surface area contributed by atoms with E-state index in [-0.39, 0.29) is 9.92 Å². The molecule has 2 aromatic rings. The summed E-state index contributed by atoms with van der Waals surface area (Å²) in [5.74, 6) is 0.924.